The molecular formula is C8H12O3. The molecule has 1 rings (SSSR count). The number of hydrogen-bond donors (Lipinski definition) is 1. The van der Waals surface area contributed by atoms with Crippen LogP contribution in [0.1, 0.15) is 19.8 Å². The highest BCUT2D eigenvalue weighted by Crippen LogP contribution is 2.15. The first-order chi connectivity index (χ1) is 5.22. The zero-order valence-electron chi connectivity index (χ0n) is 6.49. The van der Waals surface area contributed by atoms with E-state index in [9.17, 15) is 4.79 Å². The second kappa shape index (κ2) is 3.53. The highest BCUT2D eigenvalue weighted by Gasteiger charge is 2.24. The summed E-state index contributed by atoms with van der Waals surface area (Å²) in [6.07, 6.45) is 3.49. The molecule has 0 radical (unpaired) electrons. The standard InChI is InChI=1S/C8H12O3/c1-2-3-7-4-6(9)5-8(10)11-7/h2-3,6-7,9H,4-5H2,1H3. The fourth-order valence-corrected chi connectivity index (χ4v) is 1.14. The lowest BCUT2D eigenvalue weighted by molar-refractivity contribution is -0.156. The predicted molar refractivity (Wildman–Crippen MR) is 39.9 cm³/mol. The summed E-state index contributed by atoms with van der Waals surface area (Å²) in [7, 11) is 0. The average Bonchev–Trinajstić information content (AvgIpc) is 1.85. The van der Waals surface area contributed by atoms with Gasteiger partial charge in [-0.3, -0.25) is 4.79 Å². The number of carbonyl (C=O) groups is 1. The Labute approximate surface area is 65.7 Å². The van der Waals surface area contributed by atoms with Crippen molar-refractivity contribution in [3.05, 3.63) is 12.2 Å². The molecule has 0 amide bonds. The lowest BCUT2D eigenvalue weighted by atomic mass is 10.1. The molecule has 0 saturated carbocycles. The molecule has 11 heavy (non-hydrogen) atoms. The third kappa shape index (κ3) is 2.35. The molecule has 0 spiro atoms. The Morgan fingerprint density at radius 1 is 1.73 bits per heavy atom. The lowest BCUT2D eigenvalue weighted by Gasteiger charge is -2.23. The Morgan fingerprint density at radius 3 is 3.00 bits per heavy atom. The van der Waals surface area contributed by atoms with E-state index in [2.05, 4.69) is 0 Å². The Hall–Kier alpha value is -0.830. The SMILES string of the molecule is CC=CC1CC(O)CC(=O)O1. The second-order valence-electron chi connectivity index (χ2n) is 2.65. The number of cyclic esters (lactones) is 1. The van der Waals surface area contributed by atoms with Gasteiger partial charge in [-0.15, -0.1) is 0 Å². The van der Waals surface area contributed by atoms with Crippen LogP contribution in [0.3, 0.4) is 0 Å². The highest BCUT2D eigenvalue weighted by molar-refractivity contribution is 5.71. The molecule has 3 nitrogen and oxygen atoms in total. The van der Waals surface area contributed by atoms with E-state index < -0.39 is 6.10 Å². The van der Waals surface area contributed by atoms with E-state index in [0.29, 0.717) is 6.42 Å². The van der Waals surface area contributed by atoms with Gasteiger partial charge >= 0.3 is 5.97 Å². The van der Waals surface area contributed by atoms with Crippen molar-refractivity contribution >= 4 is 5.97 Å². The molecule has 1 saturated heterocycles. The molecule has 2 atom stereocenters. The number of hydrogen-bond acceptors (Lipinski definition) is 3. The Morgan fingerprint density at radius 2 is 2.45 bits per heavy atom. The molecule has 2 unspecified atom stereocenters. The molecule has 3 heteroatoms. The van der Waals surface area contributed by atoms with Crippen LogP contribution >= 0.6 is 0 Å². The maximum absolute atomic E-state index is 10.7. The number of rotatable bonds is 1. The molecule has 1 aliphatic rings. The van der Waals surface area contributed by atoms with Crippen LogP contribution in [0.5, 0.6) is 0 Å². The molecule has 1 fully saturated rings. The number of aliphatic hydroxyl groups is 1. The summed E-state index contributed by atoms with van der Waals surface area (Å²) < 4.78 is 4.91. The predicted octanol–water partition coefficient (Wildman–Crippen LogP) is 0.629. The molecule has 0 bridgehead atoms. The van der Waals surface area contributed by atoms with Gasteiger partial charge in [0.2, 0.25) is 0 Å². The monoisotopic (exact) mass is 156 g/mol. The van der Waals surface area contributed by atoms with E-state index >= 15 is 0 Å². The normalized spacial score (nSPS) is 32.4. The van der Waals surface area contributed by atoms with Gasteiger partial charge in [0.1, 0.15) is 6.10 Å². The molecule has 62 valence electrons. The van der Waals surface area contributed by atoms with Crippen molar-refractivity contribution in [1.29, 1.82) is 0 Å². The smallest absolute Gasteiger partial charge is 0.309 e. The van der Waals surface area contributed by atoms with E-state index in [1.165, 1.54) is 0 Å². The third-order valence-corrected chi connectivity index (χ3v) is 1.60. The van der Waals surface area contributed by atoms with Gasteiger partial charge in [0.15, 0.2) is 0 Å². The van der Waals surface area contributed by atoms with Crippen LogP contribution in [0.25, 0.3) is 0 Å². The Balaban J connectivity index is 2.49. The summed E-state index contributed by atoms with van der Waals surface area (Å²) >= 11 is 0. The third-order valence-electron chi connectivity index (χ3n) is 1.60. The van der Waals surface area contributed by atoms with Crippen LogP contribution in [-0.2, 0) is 9.53 Å². The number of esters is 1. The number of aliphatic hydroxyl groups excluding tert-OH is 1. The zero-order chi connectivity index (χ0) is 8.27. The second-order valence-corrected chi connectivity index (χ2v) is 2.65. The summed E-state index contributed by atoms with van der Waals surface area (Å²) in [6.45, 7) is 1.86. The first kappa shape index (κ1) is 8.27. The van der Waals surface area contributed by atoms with Gasteiger partial charge in [0.05, 0.1) is 12.5 Å². The van der Waals surface area contributed by atoms with E-state index in [-0.39, 0.29) is 18.5 Å². The van der Waals surface area contributed by atoms with Gasteiger partial charge in [0, 0.05) is 6.42 Å². The topological polar surface area (TPSA) is 46.5 Å². The van der Waals surface area contributed by atoms with Crippen LogP contribution < -0.4 is 0 Å². The fourth-order valence-electron chi connectivity index (χ4n) is 1.14. The van der Waals surface area contributed by atoms with E-state index in [1.54, 1.807) is 6.08 Å². The lowest BCUT2D eigenvalue weighted by Crippen LogP contribution is -2.31. The minimum atomic E-state index is -0.530. The van der Waals surface area contributed by atoms with Crippen molar-refractivity contribution in [2.75, 3.05) is 0 Å². The summed E-state index contributed by atoms with van der Waals surface area (Å²) in [6, 6.07) is 0. The first-order valence-corrected chi connectivity index (χ1v) is 3.72. The van der Waals surface area contributed by atoms with Crippen LogP contribution in [0.15, 0.2) is 12.2 Å². The molecule has 1 aliphatic heterocycles. The van der Waals surface area contributed by atoms with Crippen LogP contribution in [0, 0.1) is 0 Å². The molecule has 0 aromatic heterocycles. The zero-order valence-corrected chi connectivity index (χ0v) is 6.49. The average molecular weight is 156 g/mol. The number of carbonyl (C=O) groups excluding carboxylic acids is 1. The van der Waals surface area contributed by atoms with E-state index in [1.807, 2.05) is 13.0 Å². The molecule has 1 heterocycles. The molecule has 1 N–H and O–H groups in total. The Bertz CT molecular complexity index is 174. The van der Waals surface area contributed by atoms with Crippen LogP contribution in [0.4, 0.5) is 0 Å². The van der Waals surface area contributed by atoms with Crippen molar-refractivity contribution in [3.63, 3.8) is 0 Å². The Kier molecular flexibility index (Phi) is 2.65. The number of allylic oxidation sites excluding steroid dienone is 1. The van der Waals surface area contributed by atoms with Crippen LogP contribution in [0.2, 0.25) is 0 Å². The van der Waals surface area contributed by atoms with E-state index in [4.69, 9.17) is 9.84 Å². The molecule has 0 aliphatic carbocycles. The largest absolute Gasteiger partial charge is 0.458 e. The van der Waals surface area contributed by atoms with Gasteiger partial charge in [-0.25, -0.2) is 0 Å². The van der Waals surface area contributed by atoms with Crippen molar-refractivity contribution in [1.82, 2.24) is 0 Å². The molecule has 0 aromatic rings. The minimum absolute atomic E-state index is 0.133. The van der Waals surface area contributed by atoms with Crippen LogP contribution in [-0.4, -0.2) is 23.3 Å². The van der Waals surface area contributed by atoms with Crippen molar-refractivity contribution in [2.24, 2.45) is 0 Å². The van der Waals surface area contributed by atoms with Crippen molar-refractivity contribution in [3.8, 4) is 0 Å². The summed E-state index contributed by atoms with van der Waals surface area (Å²) in [5, 5.41) is 9.14. The summed E-state index contributed by atoms with van der Waals surface area (Å²) in [4.78, 5) is 10.7. The van der Waals surface area contributed by atoms with Gasteiger partial charge < -0.3 is 9.84 Å². The summed E-state index contributed by atoms with van der Waals surface area (Å²) in [5.41, 5.74) is 0. The van der Waals surface area contributed by atoms with Gasteiger partial charge in [0.25, 0.3) is 0 Å². The minimum Gasteiger partial charge on any atom is -0.458 e. The van der Waals surface area contributed by atoms with E-state index in [0.717, 1.165) is 0 Å². The maximum atomic E-state index is 10.7. The molecule has 0 aromatic carbocycles. The maximum Gasteiger partial charge on any atom is 0.309 e. The van der Waals surface area contributed by atoms with Gasteiger partial charge in [-0.2, -0.15) is 0 Å². The summed E-state index contributed by atoms with van der Waals surface area (Å²) in [5.74, 6) is -0.313. The van der Waals surface area contributed by atoms with Gasteiger partial charge in [-0.05, 0) is 13.0 Å². The number of ether oxygens (including phenoxy) is 1. The van der Waals surface area contributed by atoms with Crippen molar-refractivity contribution < 1.29 is 14.6 Å². The quantitative estimate of drug-likeness (QED) is 0.447. The fraction of sp³-hybridized carbons (Fsp3) is 0.625. The first-order valence-electron chi connectivity index (χ1n) is 3.72. The van der Waals surface area contributed by atoms with Crippen molar-refractivity contribution in [2.45, 2.75) is 32.0 Å². The highest BCUT2D eigenvalue weighted by atomic mass is 16.5. The molecular weight excluding hydrogens is 144 g/mol. The van der Waals surface area contributed by atoms with Gasteiger partial charge in [-0.1, -0.05) is 6.08 Å².